The minimum absolute atomic E-state index is 0.126. The second-order valence-corrected chi connectivity index (χ2v) is 10.2. The van der Waals surface area contributed by atoms with E-state index in [4.69, 9.17) is 4.18 Å². The number of hydrogen-bond donors (Lipinski definition) is 1. The third-order valence-corrected chi connectivity index (χ3v) is 6.38. The van der Waals surface area contributed by atoms with Crippen molar-refractivity contribution in [2.24, 2.45) is 0 Å². The molecule has 1 N–H and O–H groups in total. The van der Waals surface area contributed by atoms with Gasteiger partial charge in [0.2, 0.25) is 5.92 Å². The van der Waals surface area contributed by atoms with Crippen LogP contribution in [0.2, 0.25) is 0 Å². The standard InChI is InChI=1S/C18H22F2N4O3S2/c1-29(25,26)27-9-13-8-15(21-12-4-6-18(19,20)7-5-12)24-16(22-13)17-23-14(10-28-17)11-2-3-11/h8,10-12H,2-7,9H2,1H3,(H,21,22,24). The van der Waals surface area contributed by atoms with Crippen molar-refractivity contribution < 1.29 is 21.4 Å². The van der Waals surface area contributed by atoms with Crippen molar-refractivity contribution in [3.8, 4) is 10.8 Å². The monoisotopic (exact) mass is 444 g/mol. The summed E-state index contributed by atoms with van der Waals surface area (Å²) in [5, 5.41) is 5.83. The summed E-state index contributed by atoms with van der Waals surface area (Å²) in [4.78, 5) is 13.5. The molecular formula is C18H22F2N4O3S2. The summed E-state index contributed by atoms with van der Waals surface area (Å²) in [5.74, 6) is -1.28. The molecule has 11 heteroatoms. The number of nitrogens with one attached hydrogen (secondary N) is 1. The Morgan fingerprint density at radius 2 is 1.93 bits per heavy atom. The Bertz CT molecular complexity index is 983. The first-order chi connectivity index (χ1) is 13.7. The van der Waals surface area contributed by atoms with Gasteiger partial charge in [-0.1, -0.05) is 0 Å². The summed E-state index contributed by atoms with van der Waals surface area (Å²) in [7, 11) is -3.63. The van der Waals surface area contributed by atoms with Crippen LogP contribution in [0.4, 0.5) is 14.6 Å². The highest BCUT2D eigenvalue weighted by molar-refractivity contribution is 7.85. The minimum Gasteiger partial charge on any atom is -0.367 e. The molecule has 0 saturated heterocycles. The third-order valence-electron chi connectivity index (χ3n) is 4.98. The van der Waals surface area contributed by atoms with Crippen LogP contribution >= 0.6 is 11.3 Å². The second kappa shape index (κ2) is 7.84. The summed E-state index contributed by atoms with van der Waals surface area (Å²) in [6.45, 7) is -0.230. The van der Waals surface area contributed by atoms with Gasteiger partial charge in [0, 0.05) is 36.2 Å². The van der Waals surface area contributed by atoms with E-state index in [1.165, 1.54) is 11.3 Å². The van der Waals surface area contributed by atoms with Crippen molar-refractivity contribution in [3.05, 3.63) is 22.8 Å². The van der Waals surface area contributed by atoms with Gasteiger partial charge >= 0.3 is 0 Å². The fourth-order valence-electron chi connectivity index (χ4n) is 3.26. The SMILES string of the molecule is CS(=O)(=O)OCc1cc(NC2CCC(F)(F)CC2)nc(-c2nc(C3CC3)cs2)n1. The predicted octanol–water partition coefficient (Wildman–Crippen LogP) is 3.94. The zero-order chi connectivity index (χ0) is 20.6. The Balaban J connectivity index is 1.57. The zero-order valence-corrected chi connectivity index (χ0v) is 17.5. The second-order valence-electron chi connectivity index (χ2n) is 7.66. The fourth-order valence-corrected chi connectivity index (χ4v) is 4.42. The van der Waals surface area contributed by atoms with Crippen LogP contribution in [0.15, 0.2) is 11.4 Å². The Morgan fingerprint density at radius 1 is 1.21 bits per heavy atom. The number of halogens is 2. The molecule has 2 aromatic heterocycles. The number of nitrogens with zero attached hydrogens (tertiary/aromatic N) is 3. The Hall–Kier alpha value is -1.72. The minimum atomic E-state index is -3.63. The van der Waals surface area contributed by atoms with E-state index in [-0.39, 0.29) is 25.5 Å². The molecule has 0 aromatic carbocycles. The lowest BCUT2D eigenvalue weighted by atomic mass is 9.92. The van der Waals surface area contributed by atoms with Crippen LogP contribution in [0.3, 0.4) is 0 Å². The van der Waals surface area contributed by atoms with E-state index in [1.54, 1.807) is 6.07 Å². The van der Waals surface area contributed by atoms with Gasteiger partial charge in [-0.15, -0.1) is 11.3 Å². The number of rotatable bonds is 7. The normalized spacial score (nSPS) is 20.0. The molecule has 0 bridgehead atoms. The lowest BCUT2D eigenvalue weighted by molar-refractivity contribution is -0.0361. The van der Waals surface area contributed by atoms with Gasteiger partial charge in [-0.05, 0) is 25.7 Å². The molecule has 2 fully saturated rings. The van der Waals surface area contributed by atoms with E-state index in [1.807, 2.05) is 5.38 Å². The van der Waals surface area contributed by atoms with E-state index in [2.05, 4.69) is 20.3 Å². The molecule has 0 atom stereocenters. The molecule has 29 heavy (non-hydrogen) atoms. The molecule has 2 aliphatic carbocycles. The topological polar surface area (TPSA) is 94.1 Å². The summed E-state index contributed by atoms with van der Waals surface area (Å²) >= 11 is 1.44. The molecule has 0 amide bonds. The number of thiazole rings is 1. The molecule has 0 spiro atoms. The summed E-state index contributed by atoms with van der Waals surface area (Å²) in [6.07, 6.45) is 3.58. The van der Waals surface area contributed by atoms with Crippen molar-refractivity contribution in [1.82, 2.24) is 15.0 Å². The van der Waals surface area contributed by atoms with Gasteiger partial charge < -0.3 is 5.32 Å². The lowest BCUT2D eigenvalue weighted by Gasteiger charge is -2.29. The van der Waals surface area contributed by atoms with Crippen LogP contribution < -0.4 is 5.32 Å². The highest BCUT2D eigenvalue weighted by atomic mass is 32.2. The van der Waals surface area contributed by atoms with Crippen molar-refractivity contribution in [2.45, 2.75) is 63.0 Å². The average molecular weight is 445 g/mol. The van der Waals surface area contributed by atoms with Gasteiger partial charge in [-0.2, -0.15) is 8.42 Å². The lowest BCUT2D eigenvalue weighted by Crippen LogP contribution is -2.32. The third kappa shape index (κ3) is 5.67. The van der Waals surface area contributed by atoms with Gasteiger partial charge in [-0.25, -0.2) is 23.7 Å². The summed E-state index contributed by atoms with van der Waals surface area (Å²) in [6, 6.07) is 1.47. The van der Waals surface area contributed by atoms with E-state index < -0.39 is 16.0 Å². The van der Waals surface area contributed by atoms with Crippen LogP contribution in [0, 0.1) is 0 Å². The smallest absolute Gasteiger partial charge is 0.264 e. The predicted molar refractivity (Wildman–Crippen MR) is 106 cm³/mol. The molecule has 2 heterocycles. The molecule has 2 saturated carbocycles. The molecular weight excluding hydrogens is 422 g/mol. The number of alkyl halides is 2. The van der Waals surface area contributed by atoms with Crippen molar-refractivity contribution in [3.63, 3.8) is 0 Å². The Labute approximate surface area is 172 Å². The molecule has 4 rings (SSSR count). The first-order valence-electron chi connectivity index (χ1n) is 9.49. The maximum atomic E-state index is 13.4. The highest BCUT2D eigenvalue weighted by Crippen LogP contribution is 2.41. The fraction of sp³-hybridized carbons (Fsp3) is 0.611. The number of aromatic nitrogens is 3. The average Bonchev–Trinajstić information content (AvgIpc) is 3.38. The highest BCUT2D eigenvalue weighted by Gasteiger charge is 2.35. The molecule has 0 radical (unpaired) electrons. The van der Waals surface area contributed by atoms with Gasteiger partial charge in [0.25, 0.3) is 10.1 Å². The molecule has 2 aliphatic rings. The largest absolute Gasteiger partial charge is 0.367 e. The molecule has 0 unspecified atom stereocenters. The maximum absolute atomic E-state index is 13.4. The van der Waals surface area contributed by atoms with Crippen LogP contribution in [0.1, 0.15) is 55.8 Å². The molecule has 158 valence electrons. The first kappa shape index (κ1) is 20.5. The van der Waals surface area contributed by atoms with Gasteiger partial charge in [-0.3, -0.25) is 4.18 Å². The van der Waals surface area contributed by atoms with Gasteiger partial charge in [0.15, 0.2) is 10.8 Å². The number of hydrogen-bond acceptors (Lipinski definition) is 8. The zero-order valence-electron chi connectivity index (χ0n) is 15.9. The quantitative estimate of drug-likeness (QED) is 0.646. The Kier molecular flexibility index (Phi) is 5.56. The van der Waals surface area contributed by atoms with Crippen LogP contribution in [-0.4, -0.2) is 41.6 Å². The van der Waals surface area contributed by atoms with Crippen LogP contribution in [0.5, 0.6) is 0 Å². The first-order valence-corrected chi connectivity index (χ1v) is 12.2. The molecule has 2 aromatic rings. The molecule has 7 nitrogen and oxygen atoms in total. The van der Waals surface area contributed by atoms with E-state index >= 15 is 0 Å². The Morgan fingerprint density at radius 3 is 2.59 bits per heavy atom. The van der Waals surface area contributed by atoms with Crippen molar-refractivity contribution >= 4 is 27.3 Å². The van der Waals surface area contributed by atoms with E-state index in [0.717, 1.165) is 24.8 Å². The van der Waals surface area contributed by atoms with Crippen molar-refractivity contribution in [2.75, 3.05) is 11.6 Å². The van der Waals surface area contributed by atoms with Crippen LogP contribution in [0.25, 0.3) is 10.8 Å². The maximum Gasteiger partial charge on any atom is 0.264 e. The summed E-state index contributed by atoms with van der Waals surface area (Å²) < 4.78 is 54.4. The molecule has 0 aliphatic heterocycles. The van der Waals surface area contributed by atoms with E-state index in [9.17, 15) is 17.2 Å². The van der Waals surface area contributed by atoms with Crippen LogP contribution in [-0.2, 0) is 20.9 Å². The number of anilines is 1. The van der Waals surface area contributed by atoms with E-state index in [0.29, 0.717) is 41.1 Å². The summed E-state index contributed by atoms with van der Waals surface area (Å²) in [5.41, 5.74) is 1.41. The van der Waals surface area contributed by atoms with Gasteiger partial charge in [0.1, 0.15) is 12.4 Å². The van der Waals surface area contributed by atoms with Crippen molar-refractivity contribution in [1.29, 1.82) is 0 Å². The van der Waals surface area contributed by atoms with Gasteiger partial charge in [0.05, 0.1) is 17.6 Å².